The number of phenols is 1. The molecule has 0 bridgehead atoms. The van der Waals surface area contributed by atoms with Crippen molar-refractivity contribution < 1.29 is 29.0 Å². The van der Waals surface area contributed by atoms with Gasteiger partial charge >= 0.3 is 5.97 Å². The van der Waals surface area contributed by atoms with Gasteiger partial charge in [0.05, 0.1) is 29.5 Å². The van der Waals surface area contributed by atoms with Crippen molar-refractivity contribution in [3.8, 4) is 5.75 Å². The molecule has 46 heavy (non-hydrogen) atoms. The molecule has 1 fully saturated rings. The van der Waals surface area contributed by atoms with Crippen LogP contribution in [0.4, 0.5) is 0 Å². The second-order valence-corrected chi connectivity index (χ2v) is 16.2. The van der Waals surface area contributed by atoms with Gasteiger partial charge in [-0.15, -0.1) is 0 Å². The lowest BCUT2D eigenvalue weighted by molar-refractivity contribution is -0.152. The minimum absolute atomic E-state index is 0.108. The Balaban J connectivity index is 1.88. The molecule has 252 valence electrons. The van der Waals surface area contributed by atoms with Gasteiger partial charge in [0.2, 0.25) is 17.7 Å². The fraction of sp³-hybridized carbons (Fsp3) is 0.515. The number of benzene rings is 2. The third kappa shape index (κ3) is 11.2. The molecule has 0 aromatic heterocycles. The minimum Gasteiger partial charge on any atom is -0.508 e. The third-order valence-electron chi connectivity index (χ3n) is 7.49. The van der Waals surface area contributed by atoms with Gasteiger partial charge in [-0.05, 0) is 71.2 Å². The molecule has 4 atom stereocenters. The molecular weight excluding hydrogens is 627 g/mol. The van der Waals surface area contributed by atoms with Crippen LogP contribution in [0.25, 0.3) is 0 Å². The van der Waals surface area contributed by atoms with Gasteiger partial charge in [0.15, 0.2) is 0 Å². The number of amides is 3. The van der Waals surface area contributed by atoms with E-state index < -0.39 is 57.5 Å². The molecule has 0 saturated carbocycles. The summed E-state index contributed by atoms with van der Waals surface area (Å²) in [7, 11) is 2.87. The molecule has 4 unspecified atom stereocenters. The van der Waals surface area contributed by atoms with Crippen LogP contribution in [0.3, 0.4) is 0 Å². The first kappa shape index (κ1) is 37.2. The first-order valence-corrected chi connectivity index (χ1v) is 17.5. The van der Waals surface area contributed by atoms with Crippen molar-refractivity contribution in [2.24, 2.45) is 5.73 Å². The summed E-state index contributed by atoms with van der Waals surface area (Å²) in [6.07, 6.45) is 0.0855. The van der Waals surface area contributed by atoms with Gasteiger partial charge in [-0.3, -0.25) is 14.4 Å². The topological polar surface area (TPSA) is 172 Å². The van der Waals surface area contributed by atoms with E-state index in [0.29, 0.717) is 0 Å². The summed E-state index contributed by atoms with van der Waals surface area (Å²) in [5.41, 5.74) is 7.94. The van der Waals surface area contributed by atoms with E-state index in [-0.39, 0.29) is 37.6 Å². The Kier molecular flexibility index (Phi) is 13.4. The Morgan fingerprint density at radius 2 is 1.61 bits per heavy atom. The summed E-state index contributed by atoms with van der Waals surface area (Å²) >= 11 is 0. The lowest BCUT2D eigenvalue weighted by atomic mass is 10.0. The maximum absolute atomic E-state index is 13.7. The highest BCUT2D eigenvalue weighted by molar-refractivity contribution is 8.77. The smallest absolute Gasteiger partial charge is 0.330 e. The molecule has 1 heterocycles. The van der Waals surface area contributed by atoms with E-state index in [0.717, 1.165) is 11.1 Å². The summed E-state index contributed by atoms with van der Waals surface area (Å²) < 4.78 is 4.07. The van der Waals surface area contributed by atoms with E-state index in [1.165, 1.54) is 21.6 Å². The van der Waals surface area contributed by atoms with Crippen molar-refractivity contribution >= 4 is 45.3 Å². The van der Waals surface area contributed by atoms with Crippen LogP contribution >= 0.6 is 21.6 Å². The number of hydrogen-bond donors (Lipinski definition) is 6. The summed E-state index contributed by atoms with van der Waals surface area (Å²) in [4.78, 5) is 53.6. The summed E-state index contributed by atoms with van der Waals surface area (Å²) in [5.74, 6) is -1.73. The number of phenolic OH excluding ortho intramolecular Hbond substituents is 1. The number of rotatable bonds is 8. The van der Waals surface area contributed by atoms with Crippen LogP contribution in [0, 0.1) is 0 Å². The van der Waals surface area contributed by atoms with Crippen molar-refractivity contribution in [3.05, 3.63) is 65.7 Å². The van der Waals surface area contributed by atoms with Crippen LogP contribution in [-0.2, 0) is 36.8 Å². The summed E-state index contributed by atoms with van der Waals surface area (Å²) in [6, 6.07) is 12.5. The molecule has 1 aliphatic rings. The van der Waals surface area contributed by atoms with Gasteiger partial charge in [0.1, 0.15) is 17.8 Å². The zero-order valence-electron chi connectivity index (χ0n) is 27.3. The van der Waals surface area contributed by atoms with E-state index in [1.54, 1.807) is 38.1 Å². The predicted molar refractivity (Wildman–Crippen MR) is 183 cm³/mol. The van der Waals surface area contributed by atoms with Crippen LogP contribution in [0.2, 0.25) is 0 Å². The van der Waals surface area contributed by atoms with Crippen molar-refractivity contribution in [3.63, 3.8) is 0 Å². The molecule has 0 radical (unpaired) electrons. The number of ether oxygens (including phenoxy) is 1. The fourth-order valence-corrected chi connectivity index (χ4v) is 7.61. The SMILES string of the molecule is CC(C)OC(=O)C1NC(=O)C(Cc2ccccc2)NC(=O)CNCC(NC(=O)C(N)Cc2ccc(O)cc2)C(C)(C)SSC1(C)C. The molecule has 13 heteroatoms. The van der Waals surface area contributed by atoms with E-state index >= 15 is 0 Å². The van der Waals surface area contributed by atoms with E-state index in [2.05, 4.69) is 21.3 Å². The highest BCUT2D eigenvalue weighted by atomic mass is 33.1. The largest absolute Gasteiger partial charge is 0.508 e. The molecule has 3 amide bonds. The molecule has 0 spiro atoms. The second-order valence-electron chi connectivity index (χ2n) is 12.8. The zero-order valence-corrected chi connectivity index (χ0v) is 28.9. The number of esters is 1. The van der Waals surface area contributed by atoms with Crippen LogP contribution in [0.5, 0.6) is 5.75 Å². The normalized spacial score (nSPS) is 22.9. The Morgan fingerprint density at radius 3 is 2.24 bits per heavy atom. The van der Waals surface area contributed by atoms with Crippen LogP contribution in [0.1, 0.15) is 52.7 Å². The average molecular weight is 674 g/mol. The van der Waals surface area contributed by atoms with Gasteiger partial charge in [-0.2, -0.15) is 0 Å². The van der Waals surface area contributed by atoms with E-state index in [9.17, 15) is 24.3 Å². The first-order chi connectivity index (χ1) is 21.6. The predicted octanol–water partition coefficient (Wildman–Crippen LogP) is 2.45. The number of hydrogen-bond acceptors (Lipinski definition) is 10. The number of carbonyl (C=O) groups is 4. The Hall–Kier alpha value is -3.26. The van der Waals surface area contributed by atoms with Gasteiger partial charge in [-0.1, -0.05) is 64.1 Å². The Labute approximate surface area is 279 Å². The van der Waals surface area contributed by atoms with Gasteiger partial charge in [0.25, 0.3) is 0 Å². The molecular formula is C33H47N5O6S2. The quantitative estimate of drug-likeness (QED) is 0.181. The molecule has 1 saturated heterocycles. The number of carbonyl (C=O) groups excluding carboxylic acids is 4. The maximum Gasteiger partial charge on any atom is 0.330 e. The van der Waals surface area contributed by atoms with Crippen molar-refractivity contribution in [1.82, 2.24) is 21.3 Å². The van der Waals surface area contributed by atoms with Crippen LogP contribution in [0.15, 0.2) is 54.6 Å². The minimum atomic E-state index is -1.04. The zero-order chi connectivity index (χ0) is 34.1. The van der Waals surface area contributed by atoms with Gasteiger partial charge in [0, 0.05) is 17.7 Å². The highest BCUT2D eigenvalue weighted by Gasteiger charge is 2.43. The second kappa shape index (κ2) is 16.5. The monoisotopic (exact) mass is 673 g/mol. The molecule has 1 aliphatic heterocycles. The van der Waals surface area contributed by atoms with E-state index in [1.807, 2.05) is 58.0 Å². The van der Waals surface area contributed by atoms with Crippen LogP contribution in [-0.4, -0.2) is 81.7 Å². The van der Waals surface area contributed by atoms with Gasteiger partial charge in [-0.25, -0.2) is 4.79 Å². The third-order valence-corrected chi connectivity index (χ3v) is 11.8. The summed E-state index contributed by atoms with van der Waals surface area (Å²) in [6.45, 7) is 11.2. The van der Waals surface area contributed by atoms with Gasteiger partial charge < -0.3 is 36.8 Å². The molecule has 11 nitrogen and oxygen atoms in total. The lowest BCUT2D eigenvalue weighted by Crippen LogP contribution is -2.60. The maximum atomic E-state index is 13.7. The Morgan fingerprint density at radius 1 is 0.978 bits per heavy atom. The molecule has 2 aromatic rings. The molecule has 0 aliphatic carbocycles. The van der Waals surface area contributed by atoms with Crippen molar-refractivity contribution in [2.45, 2.75) is 94.1 Å². The molecule has 3 rings (SSSR count). The summed E-state index contributed by atoms with van der Waals surface area (Å²) in [5, 5.41) is 21.5. The van der Waals surface area contributed by atoms with Crippen LogP contribution < -0.4 is 27.0 Å². The number of aromatic hydroxyl groups is 1. The molecule has 7 N–H and O–H groups in total. The number of nitrogens with one attached hydrogen (secondary N) is 4. The average Bonchev–Trinajstić information content (AvgIpc) is 2.98. The Bertz CT molecular complexity index is 1340. The van der Waals surface area contributed by atoms with E-state index in [4.69, 9.17) is 10.5 Å². The first-order valence-electron chi connectivity index (χ1n) is 15.3. The number of nitrogens with two attached hydrogens (primary N) is 1. The molecule has 2 aromatic carbocycles. The van der Waals surface area contributed by atoms with Crippen molar-refractivity contribution in [1.29, 1.82) is 0 Å². The highest BCUT2D eigenvalue weighted by Crippen LogP contribution is 2.46. The fourth-order valence-electron chi connectivity index (χ4n) is 4.74. The van der Waals surface area contributed by atoms with Crippen molar-refractivity contribution in [2.75, 3.05) is 13.1 Å². The standard InChI is InChI=1S/C33H47N5O6S2/c1-20(2)44-31(43)28-33(5,6)46-45-32(3,4)26(37-29(41)24(34)16-22-12-14-23(39)15-13-22)18-35-19-27(40)36-25(30(42)38-28)17-21-10-8-7-9-11-21/h7-15,20,24-26,28,35,39H,16-19,34H2,1-6H3,(H,36,40)(H,37,41)(H,38,42). The lowest BCUT2D eigenvalue weighted by Gasteiger charge is -2.39.